The Hall–Kier alpha value is -2.36. The molecule has 1 heterocycles. The SMILES string of the molecule is COc1cc(CCN(c2ccc(C)o2)S(=O)(=O)C(F)(F)F)cc(OC)c1. The van der Waals surface area contributed by atoms with Crippen molar-refractivity contribution in [1.29, 1.82) is 0 Å². The van der Waals surface area contributed by atoms with E-state index in [1.807, 2.05) is 0 Å². The van der Waals surface area contributed by atoms with E-state index in [0.29, 0.717) is 22.8 Å². The van der Waals surface area contributed by atoms with Crippen molar-refractivity contribution < 1.29 is 35.5 Å². The molecule has 26 heavy (non-hydrogen) atoms. The van der Waals surface area contributed by atoms with E-state index >= 15 is 0 Å². The maximum Gasteiger partial charge on any atom is 0.516 e. The molecule has 1 aromatic carbocycles. The van der Waals surface area contributed by atoms with E-state index < -0.39 is 28.0 Å². The van der Waals surface area contributed by atoms with Crippen LogP contribution >= 0.6 is 0 Å². The first-order valence-corrected chi connectivity index (χ1v) is 8.90. The Balaban J connectivity index is 2.34. The van der Waals surface area contributed by atoms with Crippen molar-refractivity contribution in [3.8, 4) is 11.5 Å². The van der Waals surface area contributed by atoms with E-state index in [4.69, 9.17) is 13.9 Å². The molecule has 0 saturated heterocycles. The summed E-state index contributed by atoms with van der Waals surface area (Å²) in [6.45, 7) is 1.04. The van der Waals surface area contributed by atoms with E-state index in [1.165, 1.54) is 33.3 Å². The molecule has 1 aromatic heterocycles. The second-order valence-electron chi connectivity index (χ2n) is 5.38. The topological polar surface area (TPSA) is 69.0 Å². The van der Waals surface area contributed by atoms with Crippen LogP contribution in [-0.4, -0.2) is 34.7 Å². The van der Waals surface area contributed by atoms with E-state index in [0.717, 1.165) is 0 Å². The summed E-state index contributed by atoms with van der Waals surface area (Å²) in [5.74, 6) is 0.789. The Morgan fingerprint density at radius 2 is 1.65 bits per heavy atom. The van der Waals surface area contributed by atoms with Gasteiger partial charge in [-0.3, -0.25) is 0 Å². The smallest absolute Gasteiger partial charge is 0.497 e. The van der Waals surface area contributed by atoms with E-state index in [1.54, 1.807) is 18.2 Å². The van der Waals surface area contributed by atoms with Crippen LogP contribution in [0.3, 0.4) is 0 Å². The third-order valence-corrected chi connectivity index (χ3v) is 5.10. The van der Waals surface area contributed by atoms with Crippen molar-refractivity contribution in [2.45, 2.75) is 18.9 Å². The number of hydrogen-bond acceptors (Lipinski definition) is 5. The molecule has 0 radical (unpaired) electrons. The minimum atomic E-state index is -5.60. The second kappa shape index (κ2) is 7.48. The highest BCUT2D eigenvalue weighted by atomic mass is 32.2. The fourth-order valence-corrected chi connectivity index (χ4v) is 3.19. The van der Waals surface area contributed by atoms with Gasteiger partial charge in [0.05, 0.1) is 14.2 Å². The number of anilines is 1. The minimum Gasteiger partial charge on any atom is -0.497 e. The number of aryl methyl sites for hydroxylation is 1. The average molecular weight is 393 g/mol. The van der Waals surface area contributed by atoms with E-state index in [2.05, 4.69) is 0 Å². The first kappa shape index (κ1) is 20.0. The van der Waals surface area contributed by atoms with Crippen LogP contribution in [0.1, 0.15) is 11.3 Å². The molecule has 6 nitrogen and oxygen atoms in total. The number of alkyl halides is 3. The Morgan fingerprint density at radius 1 is 1.08 bits per heavy atom. The van der Waals surface area contributed by atoms with Gasteiger partial charge in [0.15, 0.2) is 0 Å². The van der Waals surface area contributed by atoms with Crippen LogP contribution in [0.5, 0.6) is 11.5 Å². The molecule has 0 atom stereocenters. The molecule has 0 fully saturated rings. The highest BCUT2D eigenvalue weighted by molar-refractivity contribution is 7.93. The van der Waals surface area contributed by atoms with Gasteiger partial charge in [-0.15, -0.1) is 0 Å². The molecule has 0 unspecified atom stereocenters. The molecule has 0 aliphatic carbocycles. The third-order valence-electron chi connectivity index (χ3n) is 3.57. The van der Waals surface area contributed by atoms with Crippen molar-refractivity contribution in [2.24, 2.45) is 0 Å². The zero-order valence-electron chi connectivity index (χ0n) is 14.3. The molecule has 144 valence electrons. The minimum absolute atomic E-state index is 0.0113. The summed E-state index contributed by atoms with van der Waals surface area (Å²) in [6, 6.07) is 7.36. The van der Waals surface area contributed by atoms with Gasteiger partial charge in [-0.1, -0.05) is 0 Å². The van der Waals surface area contributed by atoms with Gasteiger partial charge in [0, 0.05) is 18.7 Å². The third kappa shape index (κ3) is 4.24. The molecule has 2 aromatic rings. The molecule has 0 spiro atoms. The Bertz CT molecular complexity index is 839. The van der Waals surface area contributed by atoms with Crippen LogP contribution in [-0.2, 0) is 16.4 Å². The van der Waals surface area contributed by atoms with Gasteiger partial charge in [0.1, 0.15) is 17.3 Å². The number of methoxy groups -OCH3 is 2. The standard InChI is InChI=1S/C16H18F3NO5S/c1-11-4-5-15(25-11)20(26(21,22)16(17,18)19)7-6-12-8-13(23-2)10-14(9-12)24-3/h4-5,8-10H,6-7H2,1-3H3. The fraction of sp³-hybridized carbons (Fsp3) is 0.375. The number of sulfonamides is 1. The largest absolute Gasteiger partial charge is 0.516 e. The molecular weight excluding hydrogens is 375 g/mol. The lowest BCUT2D eigenvalue weighted by Gasteiger charge is -2.23. The quantitative estimate of drug-likeness (QED) is 0.720. The molecule has 10 heteroatoms. The molecule has 0 saturated carbocycles. The Morgan fingerprint density at radius 3 is 2.08 bits per heavy atom. The first-order valence-electron chi connectivity index (χ1n) is 7.46. The van der Waals surface area contributed by atoms with Crippen molar-refractivity contribution in [3.63, 3.8) is 0 Å². The van der Waals surface area contributed by atoms with Crippen LogP contribution in [0, 0.1) is 6.92 Å². The lowest BCUT2D eigenvalue weighted by Crippen LogP contribution is -2.41. The maximum atomic E-state index is 13.0. The van der Waals surface area contributed by atoms with Crippen LogP contribution < -0.4 is 13.8 Å². The lowest BCUT2D eigenvalue weighted by atomic mass is 10.1. The number of nitrogens with zero attached hydrogens (tertiary/aromatic N) is 1. The van der Waals surface area contributed by atoms with Crippen molar-refractivity contribution >= 4 is 15.9 Å². The monoisotopic (exact) mass is 393 g/mol. The molecule has 0 bridgehead atoms. The maximum absolute atomic E-state index is 13.0. The molecule has 2 rings (SSSR count). The van der Waals surface area contributed by atoms with Crippen LogP contribution in [0.15, 0.2) is 34.7 Å². The fourth-order valence-electron chi connectivity index (χ4n) is 2.27. The van der Waals surface area contributed by atoms with Gasteiger partial charge in [-0.05, 0) is 37.1 Å². The lowest BCUT2D eigenvalue weighted by molar-refractivity contribution is -0.0439. The van der Waals surface area contributed by atoms with Crippen molar-refractivity contribution in [3.05, 3.63) is 41.7 Å². The summed E-state index contributed by atoms with van der Waals surface area (Å²) in [5, 5.41) is 0. The number of furan rings is 1. The molecule has 0 aliphatic rings. The van der Waals surface area contributed by atoms with E-state index in [9.17, 15) is 21.6 Å². The number of ether oxygens (including phenoxy) is 2. The predicted molar refractivity (Wildman–Crippen MR) is 89.0 cm³/mol. The number of halogens is 3. The summed E-state index contributed by atoms with van der Waals surface area (Å²) in [5.41, 5.74) is -4.90. The molecule has 0 amide bonds. The summed E-state index contributed by atoms with van der Waals surface area (Å²) in [4.78, 5) is 0. The van der Waals surface area contributed by atoms with Gasteiger partial charge in [-0.2, -0.15) is 21.6 Å². The van der Waals surface area contributed by atoms with Gasteiger partial charge in [-0.25, -0.2) is 4.31 Å². The molecular formula is C16H18F3NO5S. The zero-order chi connectivity index (χ0) is 19.5. The normalized spacial score (nSPS) is 12.1. The zero-order valence-corrected chi connectivity index (χ0v) is 15.1. The van der Waals surface area contributed by atoms with Gasteiger partial charge in [0.2, 0.25) is 5.88 Å². The Labute approximate surface area is 149 Å². The Kier molecular flexibility index (Phi) is 5.74. The highest BCUT2D eigenvalue weighted by Crippen LogP contribution is 2.32. The summed E-state index contributed by atoms with van der Waals surface area (Å²) < 4.78 is 78.4. The van der Waals surface area contributed by atoms with Crippen LogP contribution in [0.2, 0.25) is 0 Å². The van der Waals surface area contributed by atoms with Crippen molar-refractivity contribution in [2.75, 3.05) is 25.1 Å². The summed E-state index contributed by atoms with van der Waals surface area (Å²) in [7, 11) is -2.73. The first-order chi connectivity index (χ1) is 12.1. The number of benzene rings is 1. The molecule has 0 aliphatic heterocycles. The van der Waals surface area contributed by atoms with Crippen LogP contribution in [0.25, 0.3) is 0 Å². The van der Waals surface area contributed by atoms with Crippen molar-refractivity contribution in [1.82, 2.24) is 0 Å². The van der Waals surface area contributed by atoms with E-state index in [-0.39, 0.29) is 10.7 Å². The highest BCUT2D eigenvalue weighted by Gasteiger charge is 2.50. The van der Waals surface area contributed by atoms with Gasteiger partial charge < -0.3 is 13.9 Å². The van der Waals surface area contributed by atoms with Gasteiger partial charge in [0.25, 0.3) is 0 Å². The van der Waals surface area contributed by atoms with Crippen LogP contribution in [0.4, 0.5) is 19.1 Å². The molecule has 0 N–H and O–H groups in total. The predicted octanol–water partition coefficient (Wildman–Crippen LogP) is 3.50. The number of hydrogen-bond donors (Lipinski definition) is 0. The number of rotatable bonds is 7. The summed E-state index contributed by atoms with van der Waals surface area (Å²) in [6.07, 6.45) is -0.0113. The second-order valence-corrected chi connectivity index (χ2v) is 7.23. The average Bonchev–Trinajstić information content (AvgIpc) is 2.99. The summed E-state index contributed by atoms with van der Waals surface area (Å²) >= 11 is 0. The van der Waals surface area contributed by atoms with Gasteiger partial charge >= 0.3 is 15.5 Å².